The van der Waals surface area contributed by atoms with Crippen LogP contribution in [0.3, 0.4) is 0 Å². The van der Waals surface area contributed by atoms with Crippen molar-refractivity contribution in [2.45, 2.75) is 62.5 Å². The van der Waals surface area contributed by atoms with E-state index in [9.17, 15) is 21.6 Å². The Morgan fingerprint density at radius 1 is 1.07 bits per heavy atom. The molecule has 0 amide bonds. The third kappa shape index (κ3) is 6.35. The van der Waals surface area contributed by atoms with E-state index in [1.807, 2.05) is 0 Å². The van der Waals surface area contributed by atoms with E-state index in [1.54, 1.807) is 7.05 Å². The summed E-state index contributed by atoms with van der Waals surface area (Å²) >= 11 is 0. The maximum atomic E-state index is 12.7. The summed E-state index contributed by atoms with van der Waals surface area (Å²) < 4.78 is 61.5. The van der Waals surface area contributed by atoms with Crippen LogP contribution in [0.5, 0.6) is 0 Å². The number of alkyl halides is 3. The van der Waals surface area contributed by atoms with Crippen molar-refractivity contribution in [2.75, 3.05) is 39.8 Å². The van der Waals surface area contributed by atoms with Crippen LogP contribution in [0.4, 0.5) is 13.2 Å². The zero-order valence-electron chi connectivity index (χ0n) is 17.3. The molecule has 30 heavy (non-hydrogen) atoms. The Morgan fingerprint density at radius 2 is 1.70 bits per heavy atom. The number of rotatable bonds is 5. The Morgan fingerprint density at radius 3 is 2.27 bits per heavy atom. The summed E-state index contributed by atoms with van der Waals surface area (Å²) in [5.74, 6) is 0.820. The zero-order valence-corrected chi connectivity index (χ0v) is 20.5. The van der Waals surface area contributed by atoms with Crippen LogP contribution in [-0.2, 0) is 10.0 Å². The van der Waals surface area contributed by atoms with E-state index in [0.717, 1.165) is 25.6 Å². The molecule has 7 nitrogen and oxygen atoms in total. The summed E-state index contributed by atoms with van der Waals surface area (Å²) in [5.41, 5.74) is -5.22. The van der Waals surface area contributed by atoms with Gasteiger partial charge >= 0.3 is 15.5 Å². The largest absolute Gasteiger partial charge is 0.511 e. The molecule has 0 aromatic rings. The fourth-order valence-corrected chi connectivity index (χ4v) is 5.62. The number of hydrogen-bond acceptors (Lipinski definition) is 4. The summed E-state index contributed by atoms with van der Waals surface area (Å²) in [6, 6.07) is 1.07. The lowest BCUT2D eigenvalue weighted by molar-refractivity contribution is -0.0496. The number of piperidine rings is 1. The highest BCUT2D eigenvalue weighted by Crippen LogP contribution is 2.30. The van der Waals surface area contributed by atoms with Gasteiger partial charge in [-0.1, -0.05) is 12.8 Å². The highest BCUT2D eigenvalue weighted by molar-refractivity contribution is 14.0. The molecule has 12 heteroatoms. The summed E-state index contributed by atoms with van der Waals surface area (Å²) in [4.78, 5) is 6.83. The first kappa shape index (κ1) is 25.9. The number of hydrogen-bond donors (Lipinski definition) is 2. The molecular weight excluding hydrogens is 534 g/mol. The normalized spacial score (nSPS) is 26.0. The molecule has 0 aromatic heterocycles. The quantitative estimate of drug-likeness (QED) is 0.303. The zero-order chi connectivity index (χ0) is 21.1. The van der Waals surface area contributed by atoms with Crippen molar-refractivity contribution in [1.29, 1.82) is 0 Å². The molecule has 1 unspecified atom stereocenters. The van der Waals surface area contributed by atoms with Crippen LogP contribution >= 0.6 is 24.0 Å². The lowest BCUT2D eigenvalue weighted by atomic mass is 9.98. The second kappa shape index (κ2) is 11.0. The van der Waals surface area contributed by atoms with E-state index in [1.165, 1.54) is 25.7 Å². The van der Waals surface area contributed by atoms with Crippen LogP contribution in [0.1, 0.15) is 44.9 Å². The SMILES string of the molecule is CN=C(NCC1CCN(S(=O)(=O)C(F)(F)F)CC1)NC1CCN(C2CCCC2)C1.I. The van der Waals surface area contributed by atoms with Gasteiger partial charge < -0.3 is 10.6 Å². The van der Waals surface area contributed by atoms with Gasteiger partial charge in [0.25, 0.3) is 0 Å². The van der Waals surface area contributed by atoms with Crippen LogP contribution in [0.15, 0.2) is 4.99 Å². The number of nitrogens with zero attached hydrogens (tertiary/aromatic N) is 3. The fraction of sp³-hybridized carbons (Fsp3) is 0.944. The number of sulfonamides is 1. The maximum Gasteiger partial charge on any atom is 0.511 e. The molecule has 1 atom stereocenters. The molecule has 0 radical (unpaired) electrons. The first-order valence-corrected chi connectivity index (χ1v) is 11.9. The lowest BCUT2D eigenvalue weighted by Gasteiger charge is -2.32. The van der Waals surface area contributed by atoms with E-state index < -0.39 is 15.5 Å². The molecule has 176 valence electrons. The van der Waals surface area contributed by atoms with Gasteiger partial charge in [-0.25, -0.2) is 8.42 Å². The lowest BCUT2D eigenvalue weighted by Crippen LogP contribution is -2.49. The molecule has 1 aliphatic carbocycles. The summed E-state index contributed by atoms with van der Waals surface area (Å²) in [6.45, 7) is 2.49. The van der Waals surface area contributed by atoms with Crippen molar-refractivity contribution in [2.24, 2.45) is 10.9 Å². The van der Waals surface area contributed by atoms with Gasteiger partial charge in [-0.2, -0.15) is 17.5 Å². The molecule has 3 rings (SSSR count). The first-order chi connectivity index (χ1) is 13.7. The number of halogens is 4. The second-order valence-electron chi connectivity index (χ2n) is 8.31. The van der Waals surface area contributed by atoms with Gasteiger partial charge in [-0.3, -0.25) is 9.89 Å². The van der Waals surface area contributed by atoms with Gasteiger partial charge in [-0.15, -0.1) is 24.0 Å². The maximum absolute atomic E-state index is 12.7. The average molecular weight is 567 g/mol. The van der Waals surface area contributed by atoms with Gasteiger partial charge in [0, 0.05) is 51.9 Å². The van der Waals surface area contributed by atoms with Gasteiger partial charge in [0.05, 0.1) is 0 Å². The average Bonchev–Trinajstić information content (AvgIpc) is 3.36. The standard InChI is InChI=1S/C18H32F3N5O2S.HI/c1-22-17(24-15-8-9-25(13-15)16-4-2-3-5-16)23-12-14-6-10-26(11-7-14)29(27,28)18(19,20)21;/h14-16H,2-13H2,1H3,(H2,22,23,24);1H. The summed E-state index contributed by atoms with van der Waals surface area (Å²) in [7, 11) is -3.51. The van der Waals surface area contributed by atoms with Gasteiger partial charge in [0.2, 0.25) is 0 Å². The number of likely N-dealkylation sites (tertiary alicyclic amines) is 1. The molecule has 1 saturated carbocycles. The van der Waals surface area contributed by atoms with Crippen LogP contribution < -0.4 is 10.6 Å². The Bertz CT molecular complexity index is 678. The minimum atomic E-state index is -5.22. The Kier molecular flexibility index (Phi) is 9.50. The molecule has 2 saturated heterocycles. The van der Waals surface area contributed by atoms with E-state index in [-0.39, 0.29) is 43.0 Å². The van der Waals surface area contributed by atoms with Gasteiger partial charge in [0.1, 0.15) is 0 Å². The third-order valence-electron chi connectivity index (χ3n) is 6.39. The Balaban J connectivity index is 0.00000320. The van der Waals surface area contributed by atoms with E-state index in [4.69, 9.17) is 0 Å². The molecule has 2 aliphatic heterocycles. The molecule has 2 N–H and O–H groups in total. The predicted molar refractivity (Wildman–Crippen MR) is 121 cm³/mol. The van der Waals surface area contributed by atoms with Crippen LogP contribution in [0.2, 0.25) is 0 Å². The van der Waals surface area contributed by atoms with Gasteiger partial charge in [0.15, 0.2) is 5.96 Å². The number of nitrogens with one attached hydrogen (secondary N) is 2. The molecule has 3 aliphatic rings. The molecule has 0 spiro atoms. The second-order valence-corrected chi connectivity index (χ2v) is 10.2. The van der Waals surface area contributed by atoms with E-state index in [2.05, 4.69) is 20.5 Å². The molecular formula is C18H33F3IN5O2S. The predicted octanol–water partition coefficient (Wildman–Crippen LogP) is 2.35. The molecule has 0 bridgehead atoms. The van der Waals surface area contributed by atoms with Crippen LogP contribution in [0.25, 0.3) is 0 Å². The van der Waals surface area contributed by atoms with E-state index in [0.29, 0.717) is 35.7 Å². The summed E-state index contributed by atoms with van der Waals surface area (Å²) in [5, 5.41) is 6.72. The van der Waals surface area contributed by atoms with Crippen molar-refractivity contribution in [1.82, 2.24) is 19.8 Å². The smallest absolute Gasteiger partial charge is 0.356 e. The topological polar surface area (TPSA) is 77.0 Å². The summed E-state index contributed by atoms with van der Waals surface area (Å²) in [6.07, 6.45) is 7.11. The van der Waals surface area contributed by atoms with E-state index >= 15 is 0 Å². The minimum Gasteiger partial charge on any atom is -0.356 e. The highest BCUT2D eigenvalue weighted by Gasteiger charge is 2.50. The Hall–Kier alpha value is -0.340. The van der Waals surface area contributed by atoms with Crippen molar-refractivity contribution in [3.05, 3.63) is 0 Å². The van der Waals surface area contributed by atoms with Gasteiger partial charge in [-0.05, 0) is 38.0 Å². The van der Waals surface area contributed by atoms with Crippen LogP contribution in [-0.4, -0.2) is 80.9 Å². The third-order valence-corrected chi connectivity index (χ3v) is 8.02. The first-order valence-electron chi connectivity index (χ1n) is 10.5. The minimum absolute atomic E-state index is 0. The monoisotopic (exact) mass is 567 g/mol. The van der Waals surface area contributed by atoms with Crippen molar-refractivity contribution in [3.8, 4) is 0 Å². The van der Waals surface area contributed by atoms with Crippen LogP contribution in [0, 0.1) is 5.92 Å². The molecule has 0 aromatic carbocycles. The number of guanidine groups is 1. The Labute approximate surface area is 194 Å². The van der Waals surface area contributed by atoms with Crippen molar-refractivity contribution in [3.63, 3.8) is 0 Å². The molecule has 3 fully saturated rings. The highest BCUT2D eigenvalue weighted by atomic mass is 127. The molecule has 2 heterocycles. The number of aliphatic imine (C=N–C) groups is 1. The fourth-order valence-electron chi connectivity index (χ4n) is 4.64. The van der Waals surface area contributed by atoms with Crippen molar-refractivity contribution < 1.29 is 21.6 Å². The van der Waals surface area contributed by atoms with Crippen molar-refractivity contribution >= 4 is 40.0 Å².